The van der Waals surface area contributed by atoms with E-state index in [2.05, 4.69) is 10.4 Å². The van der Waals surface area contributed by atoms with Crippen molar-refractivity contribution in [3.05, 3.63) is 71.9 Å². The summed E-state index contributed by atoms with van der Waals surface area (Å²) < 4.78 is 51.6. The molecule has 2 heterocycles. The van der Waals surface area contributed by atoms with Gasteiger partial charge in [0.05, 0.1) is 22.1 Å². The minimum absolute atomic E-state index is 0.0102. The number of nitrogens with zero attached hydrogens (tertiary/aromatic N) is 4. The average molecular weight is 540 g/mol. The third-order valence-electron chi connectivity index (χ3n) is 5.88. The number of sulfone groups is 1. The van der Waals surface area contributed by atoms with Gasteiger partial charge in [0.15, 0.2) is 9.84 Å². The fourth-order valence-electron chi connectivity index (χ4n) is 3.92. The van der Waals surface area contributed by atoms with E-state index >= 15 is 0 Å². The molecule has 1 amide bonds. The van der Waals surface area contributed by atoms with Gasteiger partial charge in [-0.15, -0.1) is 0 Å². The third-order valence-corrected chi connectivity index (χ3v) is 9.46. The van der Waals surface area contributed by atoms with Crippen molar-refractivity contribution in [1.82, 2.24) is 19.4 Å². The number of hydrogen-bond donors (Lipinski definition) is 1. The van der Waals surface area contributed by atoms with Crippen LogP contribution in [0.3, 0.4) is 0 Å². The van der Waals surface area contributed by atoms with Crippen molar-refractivity contribution in [2.45, 2.75) is 17.4 Å². The minimum atomic E-state index is -3.71. The molecule has 12 heteroatoms. The summed E-state index contributed by atoms with van der Waals surface area (Å²) in [5.41, 5.74) is 1.75. The minimum Gasteiger partial charge on any atom is -0.348 e. The maximum Gasteiger partial charge on any atom is 0.262 e. The highest BCUT2D eigenvalue weighted by Crippen LogP contribution is 2.28. The van der Waals surface area contributed by atoms with E-state index in [0.717, 1.165) is 9.99 Å². The summed E-state index contributed by atoms with van der Waals surface area (Å²) in [5.74, 6) is -0.863. The first kappa shape index (κ1) is 26.3. The summed E-state index contributed by atoms with van der Waals surface area (Å²) in [4.78, 5) is 12.9. The second-order valence-corrected chi connectivity index (χ2v) is 13.2. The van der Waals surface area contributed by atoms with Gasteiger partial charge < -0.3 is 5.32 Å². The van der Waals surface area contributed by atoms with E-state index in [-0.39, 0.29) is 28.4 Å². The molecule has 192 valence electrons. The van der Waals surface area contributed by atoms with Crippen LogP contribution in [-0.2, 0) is 24.7 Å². The van der Waals surface area contributed by atoms with Crippen molar-refractivity contribution >= 4 is 31.8 Å². The van der Waals surface area contributed by atoms with Gasteiger partial charge in [-0.1, -0.05) is 30.3 Å². The predicted molar refractivity (Wildman–Crippen MR) is 139 cm³/mol. The maximum atomic E-state index is 12.8. The zero-order valence-corrected chi connectivity index (χ0v) is 21.8. The van der Waals surface area contributed by atoms with E-state index in [1.165, 1.54) is 32.3 Å². The predicted octanol–water partition coefficient (Wildman–Crippen LogP) is 2.00. The molecule has 0 radical (unpaired) electrons. The zero-order valence-electron chi connectivity index (χ0n) is 20.2. The molecule has 1 aliphatic heterocycles. The first-order valence-electron chi connectivity index (χ1n) is 11.3. The third kappa shape index (κ3) is 5.80. The summed E-state index contributed by atoms with van der Waals surface area (Å²) in [6, 6.07) is 16.8. The van der Waals surface area contributed by atoms with Crippen molar-refractivity contribution in [2.24, 2.45) is 0 Å². The largest absolute Gasteiger partial charge is 0.348 e. The molecular weight excluding hydrogens is 514 g/mol. The van der Waals surface area contributed by atoms with Crippen LogP contribution >= 0.6 is 0 Å². The number of aromatic nitrogens is 2. The van der Waals surface area contributed by atoms with Crippen molar-refractivity contribution in [1.29, 1.82) is 5.26 Å². The Kier molecular flexibility index (Phi) is 7.31. The lowest BCUT2D eigenvalue weighted by Gasteiger charge is -2.12. The molecule has 3 aromatic rings. The Morgan fingerprint density at radius 1 is 1.19 bits per heavy atom. The molecule has 0 unspecified atom stereocenters. The van der Waals surface area contributed by atoms with E-state index < -0.39 is 31.8 Å². The number of hydrogen-bond acceptors (Lipinski definition) is 7. The topological polar surface area (TPSA) is 142 Å². The van der Waals surface area contributed by atoms with E-state index in [1.54, 1.807) is 23.0 Å². The Morgan fingerprint density at radius 3 is 2.54 bits per heavy atom. The molecule has 37 heavy (non-hydrogen) atoms. The second kappa shape index (κ2) is 10.3. The number of para-hydroxylation sites is 1. The Labute approximate surface area is 215 Å². The molecule has 0 bridgehead atoms. The highest BCUT2D eigenvalue weighted by molar-refractivity contribution is 7.91. The lowest BCUT2D eigenvalue weighted by molar-refractivity contribution is -0.117. The number of benzene rings is 2. The van der Waals surface area contributed by atoms with Crippen LogP contribution in [0.25, 0.3) is 23.0 Å². The molecule has 0 saturated carbocycles. The molecule has 4 rings (SSSR count). The monoisotopic (exact) mass is 539 g/mol. The van der Waals surface area contributed by atoms with Crippen LogP contribution in [0.2, 0.25) is 0 Å². The number of nitriles is 1. The lowest BCUT2D eigenvalue weighted by atomic mass is 10.1. The van der Waals surface area contributed by atoms with Gasteiger partial charge in [-0.25, -0.2) is 25.8 Å². The Hall–Kier alpha value is -3.79. The second-order valence-electron chi connectivity index (χ2n) is 8.77. The Balaban J connectivity index is 1.78. The van der Waals surface area contributed by atoms with Gasteiger partial charge in [-0.05, 0) is 36.8 Å². The van der Waals surface area contributed by atoms with Crippen LogP contribution in [0, 0.1) is 11.3 Å². The van der Waals surface area contributed by atoms with Gasteiger partial charge in [-0.3, -0.25) is 4.79 Å². The van der Waals surface area contributed by atoms with Gasteiger partial charge >= 0.3 is 0 Å². The molecular formula is C25H25N5O5S2. The van der Waals surface area contributed by atoms with E-state index in [1.807, 2.05) is 36.4 Å². The fourth-order valence-corrected chi connectivity index (χ4v) is 6.54. The van der Waals surface area contributed by atoms with Gasteiger partial charge in [0.1, 0.15) is 17.3 Å². The van der Waals surface area contributed by atoms with Gasteiger partial charge in [0.2, 0.25) is 10.0 Å². The number of rotatable bonds is 7. The molecule has 1 atom stereocenters. The molecule has 10 nitrogen and oxygen atoms in total. The number of carbonyl (C=O) groups is 1. The molecule has 1 saturated heterocycles. The average Bonchev–Trinajstić information content (AvgIpc) is 3.45. The van der Waals surface area contributed by atoms with Crippen LogP contribution in [0.4, 0.5) is 0 Å². The first-order valence-corrected chi connectivity index (χ1v) is 14.6. The normalized spacial score (nSPS) is 17.5. The van der Waals surface area contributed by atoms with Crippen molar-refractivity contribution < 1.29 is 21.6 Å². The molecule has 0 aliphatic carbocycles. The summed E-state index contributed by atoms with van der Waals surface area (Å²) in [6.07, 6.45) is 3.30. The highest BCUT2D eigenvalue weighted by atomic mass is 32.2. The zero-order chi connectivity index (χ0) is 26.8. The van der Waals surface area contributed by atoms with Gasteiger partial charge in [0, 0.05) is 37.5 Å². The molecule has 1 aliphatic rings. The van der Waals surface area contributed by atoms with Crippen molar-refractivity contribution in [3.8, 4) is 23.0 Å². The van der Waals surface area contributed by atoms with E-state index in [0.29, 0.717) is 16.8 Å². The summed E-state index contributed by atoms with van der Waals surface area (Å²) in [5, 5.41) is 17.0. The van der Waals surface area contributed by atoms with Crippen LogP contribution in [-0.4, -0.2) is 68.5 Å². The molecule has 1 N–H and O–H groups in total. The van der Waals surface area contributed by atoms with E-state index in [9.17, 15) is 26.9 Å². The van der Waals surface area contributed by atoms with Crippen molar-refractivity contribution in [2.75, 3.05) is 25.6 Å². The van der Waals surface area contributed by atoms with Crippen LogP contribution in [0.5, 0.6) is 0 Å². The van der Waals surface area contributed by atoms with Gasteiger partial charge in [-0.2, -0.15) is 10.4 Å². The quantitative estimate of drug-likeness (QED) is 0.357. The fraction of sp³-hybridized carbons (Fsp3) is 0.240. The Morgan fingerprint density at radius 2 is 1.92 bits per heavy atom. The lowest BCUT2D eigenvalue weighted by Crippen LogP contribution is -2.36. The molecule has 0 spiro atoms. The first-order chi connectivity index (χ1) is 17.5. The molecule has 2 aromatic carbocycles. The Bertz CT molecular complexity index is 1620. The van der Waals surface area contributed by atoms with Crippen LogP contribution in [0.15, 0.2) is 71.3 Å². The number of amides is 1. The SMILES string of the molecule is CN(C)S(=O)(=O)c1cccc(-c2nn(-c3ccccc3)cc2/C=C(/C#N)C(=O)N[C@@H]2CCS(=O)(=O)C2)c1. The van der Waals surface area contributed by atoms with Crippen LogP contribution < -0.4 is 5.32 Å². The standard InChI is InChI=1S/C25H25N5O5S2/c1-29(2)37(34,35)23-10-6-7-18(14-23)24-20(16-30(28-24)22-8-4-3-5-9-22)13-19(15-26)25(31)27-21-11-12-36(32,33)17-21/h3-10,13-14,16,21H,11-12,17H2,1-2H3,(H,27,31)/b19-13-/t21-/m1/s1. The van der Waals surface area contributed by atoms with Gasteiger partial charge in [0.25, 0.3) is 5.91 Å². The summed E-state index contributed by atoms with van der Waals surface area (Å²) >= 11 is 0. The van der Waals surface area contributed by atoms with Crippen molar-refractivity contribution in [3.63, 3.8) is 0 Å². The summed E-state index contributed by atoms with van der Waals surface area (Å²) in [6.45, 7) is 0. The molecule has 1 aromatic heterocycles. The summed E-state index contributed by atoms with van der Waals surface area (Å²) in [7, 11) is -4.04. The maximum absolute atomic E-state index is 12.8. The number of nitrogens with one attached hydrogen (secondary N) is 1. The van der Waals surface area contributed by atoms with E-state index in [4.69, 9.17) is 0 Å². The van der Waals surface area contributed by atoms with Crippen LogP contribution in [0.1, 0.15) is 12.0 Å². The highest BCUT2D eigenvalue weighted by Gasteiger charge is 2.30. The molecule has 1 fully saturated rings. The number of sulfonamides is 1. The smallest absolute Gasteiger partial charge is 0.262 e. The number of carbonyl (C=O) groups excluding carboxylic acids is 1.